The third kappa shape index (κ3) is 3.88. The normalized spacial score (nSPS) is 27.2. The number of nitro benzene ring substituents is 1. The van der Waals surface area contributed by atoms with Gasteiger partial charge in [-0.25, -0.2) is 9.69 Å². The molecular weight excluding hydrogens is 579 g/mol. The van der Waals surface area contributed by atoms with Crippen molar-refractivity contribution in [2.24, 2.45) is 0 Å². The Labute approximate surface area is 203 Å². The fourth-order valence-electron chi connectivity index (χ4n) is 4.45. The first-order chi connectivity index (χ1) is 15.4. The second kappa shape index (κ2) is 7.43. The van der Waals surface area contributed by atoms with Crippen molar-refractivity contribution in [1.82, 2.24) is 10.2 Å². The third-order valence-corrected chi connectivity index (χ3v) is 8.83. The molecule has 180 valence electrons. The van der Waals surface area contributed by atoms with E-state index < -0.39 is 31.7 Å². The topological polar surface area (TPSA) is 109 Å². The Morgan fingerprint density at radius 1 is 1.12 bits per heavy atom. The Morgan fingerprint density at radius 2 is 1.73 bits per heavy atom. The number of piperazine rings is 1. The van der Waals surface area contributed by atoms with Crippen LogP contribution in [0.5, 0.6) is 0 Å². The summed E-state index contributed by atoms with van der Waals surface area (Å²) in [5, 5.41) is 21.0. The van der Waals surface area contributed by atoms with E-state index in [0.717, 1.165) is 18.4 Å². The lowest BCUT2D eigenvalue weighted by Gasteiger charge is -2.41. The van der Waals surface area contributed by atoms with E-state index in [0.29, 0.717) is 31.5 Å². The number of rotatable bonds is 5. The standard InChI is InChI=1S/C19H20Br2F3N5O4/c20-16(1-2-16)10-9-11-13(14(29(31)32)12(10)17(21)3-4-17)27-19(26-11,28-7-5-25-6-8-28)33-15(30)18(22,23)24/h9,25-27H,1-8H2. The van der Waals surface area contributed by atoms with Crippen molar-refractivity contribution in [2.45, 2.75) is 46.5 Å². The maximum absolute atomic E-state index is 13.2. The molecule has 1 unspecified atom stereocenters. The quantitative estimate of drug-likeness (QED) is 0.203. The van der Waals surface area contributed by atoms with Gasteiger partial charge in [-0.3, -0.25) is 10.1 Å². The number of nitrogens with one attached hydrogen (secondary N) is 3. The number of carbonyl (C=O) groups is 1. The highest BCUT2D eigenvalue weighted by Gasteiger charge is 2.58. The average molecular weight is 599 g/mol. The van der Waals surface area contributed by atoms with E-state index >= 15 is 0 Å². The lowest BCUT2D eigenvalue weighted by molar-refractivity contribution is -0.384. The number of hydrogen-bond donors (Lipinski definition) is 3. The third-order valence-electron chi connectivity index (χ3n) is 6.42. The number of anilines is 2. The van der Waals surface area contributed by atoms with Crippen LogP contribution in [0.3, 0.4) is 0 Å². The van der Waals surface area contributed by atoms with Gasteiger partial charge < -0.3 is 20.7 Å². The van der Waals surface area contributed by atoms with Crippen molar-refractivity contribution < 1.29 is 27.6 Å². The summed E-state index contributed by atoms with van der Waals surface area (Å²) in [7, 11) is 0. The van der Waals surface area contributed by atoms with Gasteiger partial charge in [-0.05, 0) is 37.3 Å². The molecule has 1 aromatic rings. The first kappa shape index (κ1) is 23.1. The molecule has 1 aromatic carbocycles. The van der Waals surface area contributed by atoms with Gasteiger partial charge in [-0.15, -0.1) is 0 Å². The Morgan fingerprint density at radius 3 is 2.24 bits per heavy atom. The van der Waals surface area contributed by atoms with Gasteiger partial charge in [0.05, 0.1) is 24.8 Å². The van der Waals surface area contributed by atoms with Gasteiger partial charge >= 0.3 is 18.1 Å². The minimum absolute atomic E-state index is 0.00901. The summed E-state index contributed by atoms with van der Waals surface area (Å²) >= 11 is 7.33. The predicted octanol–water partition coefficient (Wildman–Crippen LogP) is 3.82. The van der Waals surface area contributed by atoms with Gasteiger partial charge in [-0.2, -0.15) is 13.2 Å². The van der Waals surface area contributed by atoms with Crippen LogP contribution >= 0.6 is 31.9 Å². The van der Waals surface area contributed by atoms with E-state index in [-0.39, 0.29) is 30.2 Å². The molecule has 3 fully saturated rings. The van der Waals surface area contributed by atoms with Gasteiger partial charge in [0.25, 0.3) is 5.69 Å². The monoisotopic (exact) mass is 597 g/mol. The summed E-state index contributed by atoms with van der Waals surface area (Å²) in [6.45, 7) is 1.38. The second-order valence-electron chi connectivity index (χ2n) is 8.78. The number of esters is 1. The van der Waals surface area contributed by atoms with Gasteiger partial charge in [-0.1, -0.05) is 31.9 Å². The van der Waals surface area contributed by atoms with Gasteiger partial charge in [0.1, 0.15) is 5.69 Å². The van der Waals surface area contributed by atoms with Crippen LogP contribution in [-0.2, 0) is 18.2 Å². The molecule has 14 heteroatoms. The molecule has 2 aliphatic carbocycles. The number of nitro groups is 1. The summed E-state index contributed by atoms with van der Waals surface area (Å²) in [6, 6.07) is 1.72. The number of fused-ring (bicyclic) bond motifs is 1. The number of hydrogen-bond acceptors (Lipinski definition) is 8. The van der Waals surface area contributed by atoms with Gasteiger partial charge in [0.15, 0.2) is 0 Å². The molecule has 2 saturated carbocycles. The van der Waals surface area contributed by atoms with Crippen molar-refractivity contribution >= 4 is 54.9 Å². The highest BCUT2D eigenvalue weighted by molar-refractivity contribution is 9.10. The molecule has 33 heavy (non-hydrogen) atoms. The molecule has 1 saturated heterocycles. The number of alkyl halides is 5. The fourth-order valence-corrected chi connectivity index (χ4v) is 5.56. The molecule has 4 aliphatic rings. The van der Waals surface area contributed by atoms with E-state index in [2.05, 4.69) is 47.8 Å². The maximum atomic E-state index is 13.2. The van der Waals surface area contributed by atoms with Crippen LogP contribution in [0, 0.1) is 10.1 Å². The average Bonchev–Trinajstić information content (AvgIpc) is 3.65. The molecule has 0 aromatic heterocycles. The summed E-state index contributed by atoms with van der Waals surface area (Å²) in [5.74, 6) is -4.50. The molecule has 2 aliphatic heterocycles. The Kier molecular flexibility index (Phi) is 5.20. The van der Waals surface area contributed by atoms with Crippen molar-refractivity contribution in [3.63, 3.8) is 0 Å². The maximum Gasteiger partial charge on any atom is 0.491 e. The lowest BCUT2D eigenvalue weighted by Crippen LogP contribution is -2.65. The lowest BCUT2D eigenvalue weighted by atomic mass is 9.95. The molecule has 9 nitrogen and oxygen atoms in total. The number of halogens is 5. The van der Waals surface area contributed by atoms with Gasteiger partial charge in [0, 0.05) is 26.2 Å². The Balaban J connectivity index is 1.65. The molecule has 2 heterocycles. The van der Waals surface area contributed by atoms with Crippen molar-refractivity contribution in [3.8, 4) is 0 Å². The van der Waals surface area contributed by atoms with Crippen LogP contribution in [0.4, 0.5) is 30.2 Å². The highest BCUT2D eigenvalue weighted by atomic mass is 79.9. The largest absolute Gasteiger partial charge is 0.491 e. The van der Waals surface area contributed by atoms with Crippen molar-refractivity contribution in [3.05, 3.63) is 27.3 Å². The summed E-state index contributed by atoms with van der Waals surface area (Å²) < 4.78 is 43.4. The summed E-state index contributed by atoms with van der Waals surface area (Å²) in [5.41, 5.74) is 1.23. The minimum Gasteiger partial charge on any atom is -0.399 e. The molecule has 1 atom stereocenters. The zero-order valence-electron chi connectivity index (χ0n) is 17.2. The SMILES string of the molecule is O=C(OC1(N2CCNCC2)Nc2cc(C3(Br)CC3)c(C3(Br)CC3)c([N+](=O)[O-])c2N1)C(F)(F)F. The van der Waals surface area contributed by atoms with Crippen LogP contribution < -0.4 is 16.0 Å². The molecule has 3 N–H and O–H groups in total. The minimum atomic E-state index is -5.23. The Bertz CT molecular complexity index is 1040. The molecule has 0 amide bonds. The first-order valence-corrected chi connectivity index (χ1v) is 12.0. The second-order valence-corrected chi connectivity index (χ2v) is 11.8. The Hall–Kier alpha value is -1.64. The zero-order valence-corrected chi connectivity index (χ0v) is 20.3. The van der Waals surface area contributed by atoms with E-state index in [1.165, 1.54) is 4.90 Å². The predicted molar refractivity (Wildman–Crippen MR) is 119 cm³/mol. The fraction of sp³-hybridized carbons (Fsp3) is 0.632. The molecule has 0 bridgehead atoms. The smallest absolute Gasteiger partial charge is 0.399 e. The van der Waals surface area contributed by atoms with Crippen LogP contribution in [0.25, 0.3) is 0 Å². The van der Waals surface area contributed by atoms with Crippen LogP contribution in [0.15, 0.2) is 6.07 Å². The van der Waals surface area contributed by atoms with E-state index in [4.69, 9.17) is 4.74 Å². The summed E-state index contributed by atoms with van der Waals surface area (Å²) in [4.78, 5) is 25.2. The number of ether oxygens (including phenoxy) is 1. The van der Waals surface area contributed by atoms with Gasteiger partial charge in [0.2, 0.25) is 0 Å². The zero-order chi connectivity index (χ0) is 23.8. The van der Waals surface area contributed by atoms with E-state index in [9.17, 15) is 28.1 Å². The number of carbonyl (C=O) groups excluding carboxylic acids is 1. The molecular formula is C19H20Br2F3N5O4. The molecule has 0 radical (unpaired) electrons. The number of nitrogens with zero attached hydrogens (tertiary/aromatic N) is 2. The van der Waals surface area contributed by atoms with E-state index in [1.54, 1.807) is 6.07 Å². The van der Waals surface area contributed by atoms with Crippen molar-refractivity contribution in [2.75, 3.05) is 36.8 Å². The van der Waals surface area contributed by atoms with Crippen LogP contribution in [-0.4, -0.2) is 54.1 Å². The summed E-state index contributed by atoms with van der Waals surface area (Å²) in [6.07, 6.45) is -2.29. The highest BCUT2D eigenvalue weighted by Crippen LogP contribution is 2.66. The molecule has 5 rings (SSSR count). The van der Waals surface area contributed by atoms with Crippen molar-refractivity contribution in [1.29, 1.82) is 0 Å². The first-order valence-electron chi connectivity index (χ1n) is 10.5. The van der Waals surface area contributed by atoms with E-state index in [1.807, 2.05) is 0 Å². The van der Waals surface area contributed by atoms with Crippen LogP contribution in [0.2, 0.25) is 0 Å². The molecule has 0 spiro atoms. The number of benzene rings is 1. The van der Waals surface area contributed by atoms with Crippen LogP contribution in [0.1, 0.15) is 36.8 Å².